The summed E-state index contributed by atoms with van der Waals surface area (Å²) >= 11 is 0. The van der Waals surface area contributed by atoms with E-state index in [1.165, 1.54) is 11.4 Å². The van der Waals surface area contributed by atoms with Crippen molar-refractivity contribution in [2.45, 2.75) is 20.5 Å². The number of fused-ring (bicyclic) bond motifs is 1. The summed E-state index contributed by atoms with van der Waals surface area (Å²) in [5.74, 6) is 1.82. The molecule has 0 saturated carbocycles. The number of ether oxygens (including phenoxy) is 1. The van der Waals surface area contributed by atoms with E-state index in [0.29, 0.717) is 6.61 Å². The molecule has 0 saturated heterocycles. The number of benzene rings is 3. The van der Waals surface area contributed by atoms with Crippen LogP contribution in [0.25, 0.3) is 27.8 Å². The van der Waals surface area contributed by atoms with E-state index >= 15 is 0 Å². The first-order valence-electron chi connectivity index (χ1n) is 10.5. The second-order valence-electron chi connectivity index (χ2n) is 7.76. The van der Waals surface area contributed by atoms with Gasteiger partial charge in [0.2, 0.25) is 0 Å². The molecule has 5 aromatic rings. The Kier molecular flexibility index (Phi) is 5.01. The standard InChI is InChI=1S/C28H24N2O/c1-20-15-16-21(2)30(20)28-14-8-13-26(29-28)24-17-18-27(25-12-7-6-11-23(24)25)31-19-22-9-4-3-5-10-22/h3-18H,19H2,1-2H3. The fourth-order valence-electron chi connectivity index (χ4n) is 4.08. The Morgan fingerprint density at radius 3 is 2.16 bits per heavy atom. The van der Waals surface area contributed by atoms with Crippen molar-refractivity contribution in [3.05, 3.63) is 114 Å². The van der Waals surface area contributed by atoms with Crippen LogP contribution in [0.4, 0.5) is 0 Å². The maximum atomic E-state index is 6.19. The summed E-state index contributed by atoms with van der Waals surface area (Å²) in [5, 5.41) is 2.23. The van der Waals surface area contributed by atoms with E-state index in [2.05, 4.69) is 97.3 Å². The Bertz CT molecular complexity index is 1330. The van der Waals surface area contributed by atoms with Crippen molar-refractivity contribution >= 4 is 10.8 Å². The molecule has 0 amide bonds. The number of pyridine rings is 1. The maximum Gasteiger partial charge on any atom is 0.137 e. The fourth-order valence-corrected chi connectivity index (χ4v) is 4.08. The number of hydrogen-bond donors (Lipinski definition) is 0. The SMILES string of the molecule is Cc1ccc(C)n1-c1cccc(-c2ccc(OCc3ccccc3)c3ccccc23)n1. The van der Waals surface area contributed by atoms with Gasteiger partial charge in [0.25, 0.3) is 0 Å². The van der Waals surface area contributed by atoms with Crippen LogP contribution in [0, 0.1) is 13.8 Å². The third-order valence-corrected chi connectivity index (χ3v) is 5.63. The minimum atomic E-state index is 0.546. The van der Waals surface area contributed by atoms with E-state index in [1.54, 1.807) is 0 Å². The van der Waals surface area contributed by atoms with Crippen molar-refractivity contribution in [2.75, 3.05) is 0 Å². The molecule has 0 N–H and O–H groups in total. The van der Waals surface area contributed by atoms with Crippen LogP contribution in [0.15, 0.2) is 97.1 Å². The van der Waals surface area contributed by atoms with E-state index in [9.17, 15) is 0 Å². The van der Waals surface area contributed by atoms with Crippen molar-refractivity contribution in [3.63, 3.8) is 0 Å². The van der Waals surface area contributed by atoms with Crippen LogP contribution in [0.2, 0.25) is 0 Å². The molecule has 3 aromatic carbocycles. The van der Waals surface area contributed by atoms with Crippen molar-refractivity contribution in [1.29, 1.82) is 0 Å². The second kappa shape index (κ2) is 8.11. The summed E-state index contributed by atoms with van der Waals surface area (Å²) in [5.41, 5.74) is 5.57. The van der Waals surface area contributed by atoms with Crippen LogP contribution < -0.4 is 4.74 Å². The van der Waals surface area contributed by atoms with Gasteiger partial charge >= 0.3 is 0 Å². The van der Waals surface area contributed by atoms with Crippen LogP contribution in [0.5, 0.6) is 5.75 Å². The number of hydrogen-bond acceptors (Lipinski definition) is 2. The van der Waals surface area contributed by atoms with Gasteiger partial charge in [-0.3, -0.25) is 0 Å². The third kappa shape index (κ3) is 3.71. The molecule has 0 unspecified atom stereocenters. The Labute approximate surface area is 182 Å². The zero-order chi connectivity index (χ0) is 21.2. The Hall–Kier alpha value is -3.85. The Morgan fingerprint density at radius 2 is 1.39 bits per heavy atom. The van der Waals surface area contributed by atoms with Gasteiger partial charge in [-0.05, 0) is 61.2 Å². The highest BCUT2D eigenvalue weighted by molar-refractivity contribution is 5.99. The van der Waals surface area contributed by atoms with Gasteiger partial charge in [-0.2, -0.15) is 0 Å². The molecule has 31 heavy (non-hydrogen) atoms. The van der Waals surface area contributed by atoms with Crippen molar-refractivity contribution < 1.29 is 4.74 Å². The minimum Gasteiger partial charge on any atom is -0.488 e. The lowest BCUT2D eigenvalue weighted by atomic mass is 10.0. The molecule has 0 atom stereocenters. The summed E-state index contributed by atoms with van der Waals surface area (Å²) in [6.45, 7) is 4.76. The average molecular weight is 405 g/mol. The maximum absolute atomic E-state index is 6.19. The highest BCUT2D eigenvalue weighted by atomic mass is 16.5. The van der Waals surface area contributed by atoms with Crippen LogP contribution in [-0.4, -0.2) is 9.55 Å². The van der Waals surface area contributed by atoms with Gasteiger partial charge < -0.3 is 9.30 Å². The van der Waals surface area contributed by atoms with Gasteiger partial charge in [0.1, 0.15) is 18.2 Å². The first-order chi connectivity index (χ1) is 15.2. The molecule has 152 valence electrons. The van der Waals surface area contributed by atoms with Crippen molar-refractivity contribution in [3.8, 4) is 22.8 Å². The number of rotatable bonds is 5. The number of nitrogens with zero attached hydrogens (tertiary/aromatic N) is 2. The quantitative estimate of drug-likeness (QED) is 0.319. The lowest BCUT2D eigenvalue weighted by molar-refractivity contribution is 0.310. The van der Waals surface area contributed by atoms with E-state index < -0.39 is 0 Å². The van der Waals surface area contributed by atoms with Crippen molar-refractivity contribution in [2.24, 2.45) is 0 Å². The Morgan fingerprint density at radius 1 is 0.677 bits per heavy atom. The molecule has 0 spiro atoms. The third-order valence-electron chi connectivity index (χ3n) is 5.63. The van der Waals surface area contributed by atoms with E-state index in [4.69, 9.17) is 9.72 Å². The lowest BCUT2D eigenvalue weighted by Gasteiger charge is -2.14. The molecule has 0 aliphatic heterocycles. The zero-order valence-electron chi connectivity index (χ0n) is 17.7. The molecule has 0 aliphatic carbocycles. The monoisotopic (exact) mass is 404 g/mol. The van der Waals surface area contributed by atoms with Crippen LogP contribution >= 0.6 is 0 Å². The van der Waals surface area contributed by atoms with Gasteiger partial charge in [-0.1, -0.05) is 60.7 Å². The summed E-state index contributed by atoms with van der Waals surface area (Å²) < 4.78 is 8.37. The zero-order valence-corrected chi connectivity index (χ0v) is 17.7. The molecule has 0 fully saturated rings. The predicted octanol–water partition coefficient (Wildman–Crippen LogP) is 6.89. The minimum absolute atomic E-state index is 0.546. The first-order valence-corrected chi connectivity index (χ1v) is 10.5. The topological polar surface area (TPSA) is 27.1 Å². The van der Waals surface area contributed by atoms with E-state index in [-0.39, 0.29) is 0 Å². The van der Waals surface area contributed by atoms with Gasteiger partial charge in [0, 0.05) is 22.3 Å². The van der Waals surface area contributed by atoms with Crippen LogP contribution in [0.1, 0.15) is 17.0 Å². The van der Waals surface area contributed by atoms with Crippen molar-refractivity contribution in [1.82, 2.24) is 9.55 Å². The molecule has 0 radical (unpaired) electrons. The van der Waals surface area contributed by atoms with Gasteiger partial charge in [-0.15, -0.1) is 0 Å². The number of aryl methyl sites for hydroxylation is 2. The molecule has 3 nitrogen and oxygen atoms in total. The molecule has 2 aromatic heterocycles. The lowest BCUT2D eigenvalue weighted by Crippen LogP contribution is -2.02. The molecular weight excluding hydrogens is 380 g/mol. The summed E-state index contributed by atoms with van der Waals surface area (Å²) in [4.78, 5) is 5.00. The van der Waals surface area contributed by atoms with Crippen LogP contribution in [-0.2, 0) is 6.61 Å². The summed E-state index contributed by atoms with van der Waals surface area (Å²) in [6.07, 6.45) is 0. The van der Waals surface area contributed by atoms with E-state index in [1.807, 2.05) is 18.2 Å². The van der Waals surface area contributed by atoms with Crippen LogP contribution in [0.3, 0.4) is 0 Å². The van der Waals surface area contributed by atoms with Gasteiger partial charge in [-0.25, -0.2) is 4.98 Å². The molecule has 0 bridgehead atoms. The number of aromatic nitrogens is 2. The predicted molar refractivity (Wildman–Crippen MR) is 127 cm³/mol. The largest absolute Gasteiger partial charge is 0.488 e. The highest BCUT2D eigenvalue weighted by Gasteiger charge is 2.12. The molecule has 5 rings (SSSR count). The van der Waals surface area contributed by atoms with Gasteiger partial charge in [0.05, 0.1) is 5.69 Å². The fraction of sp³-hybridized carbons (Fsp3) is 0.107. The smallest absolute Gasteiger partial charge is 0.137 e. The second-order valence-corrected chi connectivity index (χ2v) is 7.76. The molecular formula is C28H24N2O. The molecule has 0 aliphatic rings. The summed E-state index contributed by atoms with van der Waals surface area (Å²) in [6, 6.07) is 33.2. The Balaban J connectivity index is 1.55. The molecule has 3 heteroatoms. The van der Waals surface area contributed by atoms with Gasteiger partial charge in [0.15, 0.2) is 0 Å². The highest BCUT2D eigenvalue weighted by Crippen LogP contribution is 2.34. The van der Waals surface area contributed by atoms with E-state index in [0.717, 1.165) is 39.2 Å². The molecule has 2 heterocycles. The average Bonchev–Trinajstić information content (AvgIpc) is 3.16. The summed E-state index contributed by atoms with van der Waals surface area (Å²) in [7, 11) is 0. The normalized spacial score (nSPS) is 11.0. The first kappa shape index (κ1) is 19.1.